The van der Waals surface area contributed by atoms with Crippen LogP contribution in [-0.4, -0.2) is 40.6 Å². The number of nitrogens with one attached hydrogen (secondary N) is 1. The molecule has 0 spiro atoms. The first-order valence-corrected chi connectivity index (χ1v) is 10.7. The van der Waals surface area contributed by atoms with Crippen LogP contribution >= 0.6 is 0 Å². The minimum Gasteiger partial charge on any atom is -0.385 e. The number of benzene rings is 3. The first-order valence-electron chi connectivity index (χ1n) is 10.7. The molecular formula is C26H23FN4O. The number of halogens is 1. The van der Waals surface area contributed by atoms with Crippen LogP contribution in [0.1, 0.15) is 21.6 Å². The smallest absolute Gasteiger partial charge is 0.256 e. The average molecular weight is 426 g/mol. The molecule has 6 heteroatoms. The van der Waals surface area contributed by atoms with Gasteiger partial charge in [0.2, 0.25) is 0 Å². The van der Waals surface area contributed by atoms with Crippen LogP contribution in [0, 0.1) is 11.7 Å². The van der Waals surface area contributed by atoms with Crippen LogP contribution < -0.4 is 5.32 Å². The second kappa shape index (κ2) is 8.75. The summed E-state index contributed by atoms with van der Waals surface area (Å²) >= 11 is 0. The van der Waals surface area contributed by atoms with Gasteiger partial charge in [0.05, 0.1) is 17.5 Å². The molecule has 1 aliphatic heterocycles. The van der Waals surface area contributed by atoms with Gasteiger partial charge in [-0.05, 0) is 29.8 Å². The molecule has 160 valence electrons. The minimum atomic E-state index is -0.492. The molecule has 0 aliphatic carbocycles. The van der Waals surface area contributed by atoms with Crippen molar-refractivity contribution in [3.63, 3.8) is 0 Å². The highest BCUT2D eigenvalue weighted by atomic mass is 19.1. The molecule has 32 heavy (non-hydrogen) atoms. The lowest BCUT2D eigenvalue weighted by Gasteiger charge is -2.39. The lowest BCUT2D eigenvalue weighted by molar-refractivity contribution is 0.0517. The lowest BCUT2D eigenvalue weighted by atomic mass is 9.97. The number of carbonyl (C=O) groups excluding carboxylic acids is 1. The number of rotatable bonds is 6. The van der Waals surface area contributed by atoms with Crippen molar-refractivity contribution in [1.82, 2.24) is 15.1 Å². The number of hydrogen-bond acceptors (Lipinski definition) is 4. The first kappa shape index (κ1) is 20.1. The van der Waals surface area contributed by atoms with Crippen molar-refractivity contribution in [3.8, 4) is 0 Å². The molecule has 1 aromatic heterocycles. The summed E-state index contributed by atoms with van der Waals surface area (Å²) in [5, 5.41) is 13.7. The highest BCUT2D eigenvalue weighted by Gasteiger charge is 2.32. The number of hydrogen-bond donors (Lipinski definition) is 1. The Bertz CT molecular complexity index is 1250. The highest BCUT2D eigenvalue weighted by Crippen LogP contribution is 2.24. The van der Waals surface area contributed by atoms with Crippen LogP contribution in [-0.2, 0) is 6.42 Å². The van der Waals surface area contributed by atoms with Crippen molar-refractivity contribution in [2.75, 3.05) is 25.0 Å². The third kappa shape index (κ3) is 4.17. The van der Waals surface area contributed by atoms with Gasteiger partial charge in [-0.3, -0.25) is 4.79 Å². The molecule has 5 rings (SSSR count). The predicted molar refractivity (Wildman–Crippen MR) is 123 cm³/mol. The second-order valence-corrected chi connectivity index (χ2v) is 8.19. The Kier molecular flexibility index (Phi) is 5.50. The van der Waals surface area contributed by atoms with Crippen molar-refractivity contribution >= 4 is 22.4 Å². The Hall–Kier alpha value is -3.80. The van der Waals surface area contributed by atoms with Crippen LogP contribution in [0.4, 0.5) is 10.1 Å². The van der Waals surface area contributed by atoms with Crippen molar-refractivity contribution in [3.05, 3.63) is 102 Å². The number of fused-ring (bicyclic) bond motifs is 1. The van der Waals surface area contributed by atoms with Gasteiger partial charge in [0.25, 0.3) is 5.91 Å². The Balaban J connectivity index is 1.25. The molecule has 0 unspecified atom stereocenters. The van der Waals surface area contributed by atoms with Crippen LogP contribution in [0.3, 0.4) is 0 Å². The van der Waals surface area contributed by atoms with Crippen LogP contribution in [0.25, 0.3) is 10.8 Å². The predicted octanol–water partition coefficient (Wildman–Crippen LogP) is 4.54. The third-order valence-electron chi connectivity index (χ3n) is 5.89. The normalized spacial score (nSPS) is 13.7. The maximum atomic E-state index is 14.5. The molecule has 0 bridgehead atoms. The minimum absolute atomic E-state index is 0.116. The molecule has 1 N–H and O–H groups in total. The van der Waals surface area contributed by atoms with Crippen molar-refractivity contribution in [2.45, 2.75) is 6.42 Å². The van der Waals surface area contributed by atoms with Gasteiger partial charge in [-0.2, -0.15) is 10.2 Å². The zero-order valence-corrected chi connectivity index (χ0v) is 17.5. The Morgan fingerprint density at radius 1 is 1.03 bits per heavy atom. The number of aromatic nitrogens is 2. The standard InChI is InChI=1S/C26H23FN4O/c27-24-11-10-18(13-25-22-9-5-4-6-20(22)15-29-30-25)12-23(24)26(32)31-16-19(17-31)14-28-21-7-2-1-3-8-21/h1-12,15,19,28H,13-14,16-17H2. The van der Waals surface area contributed by atoms with E-state index in [1.54, 1.807) is 23.2 Å². The second-order valence-electron chi connectivity index (χ2n) is 8.19. The fourth-order valence-electron chi connectivity index (χ4n) is 4.11. The molecule has 0 atom stereocenters. The molecule has 3 aromatic carbocycles. The first-order chi connectivity index (χ1) is 15.7. The van der Waals surface area contributed by atoms with E-state index in [9.17, 15) is 9.18 Å². The Morgan fingerprint density at radius 3 is 2.66 bits per heavy atom. The molecule has 1 amide bonds. The van der Waals surface area contributed by atoms with E-state index in [1.165, 1.54) is 6.07 Å². The maximum absolute atomic E-state index is 14.5. The molecule has 0 saturated carbocycles. The SMILES string of the molecule is O=C(c1cc(Cc2nncc3ccccc23)ccc1F)N1CC(CNc2ccccc2)C1. The summed E-state index contributed by atoms with van der Waals surface area (Å²) in [6.45, 7) is 2.03. The van der Waals surface area contributed by atoms with Gasteiger partial charge in [0.1, 0.15) is 5.82 Å². The van der Waals surface area contributed by atoms with Crippen LogP contribution in [0.5, 0.6) is 0 Å². The molecule has 1 aliphatic rings. The quantitative estimate of drug-likeness (QED) is 0.492. The summed E-state index contributed by atoms with van der Waals surface area (Å²) < 4.78 is 14.5. The van der Waals surface area contributed by atoms with Gasteiger partial charge in [0, 0.05) is 48.4 Å². The van der Waals surface area contributed by atoms with E-state index < -0.39 is 5.82 Å². The van der Waals surface area contributed by atoms with E-state index in [4.69, 9.17) is 0 Å². The van der Waals surface area contributed by atoms with Crippen molar-refractivity contribution in [1.29, 1.82) is 0 Å². The number of anilines is 1. The highest BCUT2D eigenvalue weighted by molar-refractivity contribution is 5.95. The Morgan fingerprint density at radius 2 is 1.81 bits per heavy atom. The molecule has 0 radical (unpaired) electrons. The molecular weight excluding hydrogens is 403 g/mol. The van der Waals surface area contributed by atoms with Gasteiger partial charge in [-0.15, -0.1) is 0 Å². The van der Waals surface area contributed by atoms with Gasteiger partial charge < -0.3 is 10.2 Å². The maximum Gasteiger partial charge on any atom is 0.256 e. The van der Waals surface area contributed by atoms with E-state index in [0.29, 0.717) is 25.4 Å². The molecule has 4 aromatic rings. The molecule has 2 heterocycles. The lowest BCUT2D eigenvalue weighted by Crippen LogP contribution is -2.52. The zero-order chi connectivity index (χ0) is 21.9. The van der Waals surface area contributed by atoms with Crippen LogP contribution in [0.15, 0.2) is 79.0 Å². The van der Waals surface area contributed by atoms with Gasteiger partial charge in [-0.1, -0.05) is 48.5 Å². The summed E-state index contributed by atoms with van der Waals surface area (Å²) in [5.74, 6) is -0.394. The average Bonchev–Trinajstić information content (AvgIpc) is 2.80. The summed E-state index contributed by atoms with van der Waals surface area (Å²) in [4.78, 5) is 14.6. The zero-order valence-electron chi connectivity index (χ0n) is 17.5. The number of para-hydroxylation sites is 1. The van der Waals surface area contributed by atoms with Crippen LogP contribution in [0.2, 0.25) is 0 Å². The molecule has 5 nitrogen and oxygen atoms in total. The Labute approximate surface area is 185 Å². The fraction of sp³-hybridized carbons (Fsp3) is 0.192. The third-order valence-corrected chi connectivity index (χ3v) is 5.89. The van der Waals surface area contributed by atoms with Crippen molar-refractivity contribution in [2.24, 2.45) is 5.92 Å². The summed E-state index contributed by atoms with van der Waals surface area (Å²) in [6.07, 6.45) is 2.21. The van der Waals surface area contributed by atoms with Gasteiger partial charge in [0.15, 0.2) is 0 Å². The summed E-state index contributed by atoms with van der Waals surface area (Å²) in [5.41, 5.74) is 2.82. The summed E-state index contributed by atoms with van der Waals surface area (Å²) in [7, 11) is 0. The number of likely N-dealkylation sites (tertiary alicyclic amines) is 1. The number of nitrogens with zero attached hydrogens (tertiary/aromatic N) is 3. The number of amides is 1. The topological polar surface area (TPSA) is 58.1 Å². The van der Waals surface area contributed by atoms with E-state index >= 15 is 0 Å². The van der Waals surface area contributed by atoms with E-state index in [1.807, 2.05) is 54.6 Å². The van der Waals surface area contributed by atoms with Crippen molar-refractivity contribution < 1.29 is 9.18 Å². The van der Waals surface area contributed by atoms with E-state index in [2.05, 4.69) is 15.5 Å². The van der Waals surface area contributed by atoms with Gasteiger partial charge in [-0.25, -0.2) is 4.39 Å². The molecule has 1 saturated heterocycles. The summed E-state index contributed by atoms with van der Waals surface area (Å²) in [6, 6.07) is 22.6. The van der Waals surface area contributed by atoms with E-state index in [0.717, 1.165) is 34.3 Å². The number of carbonyl (C=O) groups is 1. The largest absolute Gasteiger partial charge is 0.385 e. The monoisotopic (exact) mass is 426 g/mol. The molecule has 1 fully saturated rings. The fourth-order valence-corrected chi connectivity index (χ4v) is 4.11. The van der Waals surface area contributed by atoms with Gasteiger partial charge >= 0.3 is 0 Å². The van der Waals surface area contributed by atoms with E-state index in [-0.39, 0.29) is 11.5 Å².